The monoisotopic (exact) mass is 494 g/mol. The summed E-state index contributed by atoms with van der Waals surface area (Å²) in [4.78, 5) is 17.3. The number of benzene rings is 1. The molecule has 4 rings (SSSR count). The molecular formula is C27H38N6O3. The highest BCUT2D eigenvalue weighted by Gasteiger charge is 2.25. The van der Waals surface area contributed by atoms with Gasteiger partial charge in [0.1, 0.15) is 17.5 Å². The lowest BCUT2D eigenvalue weighted by atomic mass is 9.99. The summed E-state index contributed by atoms with van der Waals surface area (Å²) in [7, 11) is 0. The zero-order chi connectivity index (χ0) is 25.7. The number of ether oxygens (including phenoxy) is 1. The highest BCUT2D eigenvalue weighted by atomic mass is 16.5. The summed E-state index contributed by atoms with van der Waals surface area (Å²) in [6.07, 6.45) is 7.28. The van der Waals surface area contributed by atoms with Gasteiger partial charge in [-0.1, -0.05) is 12.1 Å². The highest BCUT2D eigenvalue weighted by Crippen LogP contribution is 2.24. The Hall–Kier alpha value is -3.17. The van der Waals surface area contributed by atoms with E-state index in [1.54, 1.807) is 13.8 Å². The maximum atomic E-state index is 12.6. The van der Waals surface area contributed by atoms with Crippen LogP contribution in [0.2, 0.25) is 0 Å². The van der Waals surface area contributed by atoms with Crippen LogP contribution in [0.3, 0.4) is 0 Å². The molecule has 9 heteroatoms. The van der Waals surface area contributed by atoms with Gasteiger partial charge in [0.25, 0.3) is 5.91 Å². The summed E-state index contributed by atoms with van der Waals surface area (Å²) in [6.45, 7) is 8.08. The number of nitrogens with one attached hydrogen (secondary N) is 5. The summed E-state index contributed by atoms with van der Waals surface area (Å²) in [5.74, 6) is 2.37. The van der Waals surface area contributed by atoms with Crippen LogP contribution in [0, 0.1) is 18.3 Å². The molecule has 0 aromatic heterocycles. The summed E-state index contributed by atoms with van der Waals surface area (Å²) >= 11 is 0. The molecule has 1 saturated carbocycles. The van der Waals surface area contributed by atoms with Gasteiger partial charge in [-0.2, -0.15) is 0 Å². The van der Waals surface area contributed by atoms with Crippen LogP contribution in [0.4, 0.5) is 0 Å². The molecule has 0 atom stereocenters. The van der Waals surface area contributed by atoms with Gasteiger partial charge in [0.05, 0.1) is 5.60 Å². The second-order valence-electron chi connectivity index (χ2n) is 10.5. The molecule has 194 valence electrons. The van der Waals surface area contributed by atoms with Crippen LogP contribution < -0.4 is 21.3 Å². The van der Waals surface area contributed by atoms with E-state index in [2.05, 4.69) is 21.3 Å². The molecule has 1 saturated heterocycles. The van der Waals surface area contributed by atoms with Crippen LogP contribution in [-0.4, -0.2) is 61.0 Å². The quantitative estimate of drug-likeness (QED) is 0.292. The summed E-state index contributed by atoms with van der Waals surface area (Å²) < 4.78 is 5.47. The third-order valence-corrected chi connectivity index (χ3v) is 6.48. The Morgan fingerprint density at radius 2 is 2.00 bits per heavy atom. The average Bonchev–Trinajstić information content (AvgIpc) is 3.66. The second-order valence-corrected chi connectivity index (χ2v) is 10.5. The van der Waals surface area contributed by atoms with Crippen molar-refractivity contribution in [1.82, 2.24) is 21.3 Å². The number of allylic oxidation sites excluding steroid dienone is 1. The largest absolute Gasteiger partial charge is 0.389 e. The second kappa shape index (κ2) is 11.3. The number of amidine groups is 1. The first-order chi connectivity index (χ1) is 17.2. The fourth-order valence-electron chi connectivity index (χ4n) is 4.17. The normalized spacial score (nSPS) is 20.0. The lowest BCUT2D eigenvalue weighted by Crippen LogP contribution is -2.41. The van der Waals surface area contributed by atoms with E-state index in [9.17, 15) is 9.90 Å². The minimum atomic E-state index is -0.904. The van der Waals surface area contributed by atoms with Gasteiger partial charge in [-0.15, -0.1) is 0 Å². The number of amides is 1. The molecule has 2 heterocycles. The SMILES string of the molecule is Cc1cc(/C(C=N)=C2\N=C(NCC(C)(C)O)C=C(NCC3CCOCC3)N2)ccc1C(=O)NC1CC1. The third-order valence-electron chi connectivity index (χ3n) is 6.48. The van der Waals surface area contributed by atoms with Crippen LogP contribution in [0.5, 0.6) is 0 Å². The van der Waals surface area contributed by atoms with Crippen molar-refractivity contribution in [3.63, 3.8) is 0 Å². The van der Waals surface area contributed by atoms with Crippen LogP contribution in [-0.2, 0) is 4.74 Å². The molecule has 2 aliphatic heterocycles. The number of hydrogen-bond donors (Lipinski definition) is 6. The van der Waals surface area contributed by atoms with Crippen molar-refractivity contribution in [2.45, 2.75) is 58.1 Å². The van der Waals surface area contributed by atoms with E-state index in [0.29, 0.717) is 41.3 Å². The van der Waals surface area contributed by atoms with Crippen LogP contribution in [0.25, 0.3) is 5.57 Å². The Balaban J connectivity index is 1.58. The van der Waals surface area contributed by atoms with Gasteiger partial charge in [0.15, 0.2) is 0 Å². The molecule has 0 unspecified atom stereocenters. The van der Waals surface area contributed by atoms with Gasteiger partial charge < -0.3 is 36.5 Å². The predicted molar refractivity (Wildman–Crippen MR) is 142 cm³/mol. The maximum absolute atomic E-state index is 12.6. The van der Waals surface area contributed by atoms with Gasteiger partial charge in [-0.3, -0.25) is 4.79 Å². The molecule has 1 aromatic carbocycles. The number of aliphatic imine (C=N–C) groups is 1. The Bertz CT molecular complexity index is 1080. The van der Waals surface area contributed by atoms with Crippen LogP contribution in [0.15, 0.2) is 40.9 Å². The minimum Gasteiger partial charge on any atom is -0.389 e. The van der Waals surface area contributed by atoms with Crippen molar-refractivity contribution >= 4 is 23.5 Å². The zero-order valence-corrected chi connectivity index (χ0v) is 21.4. The van der Waals surface area contributed by atoms with Crippen molar-refractivity contribution < 1.29 is 14.6 Å². The molecular weight excluding hydrogens is 456 g/mol. The van der Waals surface area contributed by atoms with E-state index in [1.807, 2.05) is 31.2 Å². The first-order valence-electron chi connectivity index (χ1n) is 12.7. The molecule has 1 aliphatic carbocycles. The Kier molecular flexibility index (Phi) is 8.11. The van der Waals surface area contributed by atoms with E-state index in [-0.39, 0.29) is 5.91 Å². The molecule has 1 amide bonds. The molecule has 0 bridgehead atoms. The topological polar surface area (TPSA) is 131 Å². The standard InChI is InChI=1S/C27H38N6O3/c1-17-12-19(4-7-21(17)26(34)31-20-5-6-20)22(14-28)25-32-23(29-15-18-8-10-36-11-9-18)13-24(33-25)30-16-27(2,3)35/h4,7,12-14,18,20,28-29,32,35H,5-6,8-11,15-16H2,1-3H3,(H,30,33)(H,31,34)/b25-22-,28-14?. The average molecular weight is 495 g/mol. The maximum Gasteiger partial charge on any atom is 0.251 e. The van der Waals surface area contributed by atoms with Crippen molar-refractivity contribution in [3.8, 4) is 0 Å². The van der Waals surface area contributed by atoms with Gasteiger partial charge >= 0.3 is 0 Å². The first kappa shape index (κ1) is 25.9. The molecule has 36 heavy (non-hydrogen) atoms. The number of carbonyl (C=O) groups excluding carboxylic acids is 1. The number of aliphatic hydroxyl groups is 1. The lowest BCUT2D eigenvalue weighted by Gasteiger charge is -2.26. The number of rotatable bonds is 9. The van der Waals surface area contributed by atoms with Crippen LogP contribution in [0.1, 0.15) is 61.0 Å². The Labute approximate surface area is 213 Å². The van der Waals surface area contributed by atoms with E-state index in [0.717, 1.165) is 62.4 Å². The number of aryl methyl sites for hydroxylation is 1. The predicted octanol–water partition coefficient (Wildman–Crippen LogP) is 2.43. The molecule has 3 aliphatic rings. The Morgan fingerprint density at radius 3 is 2.64 bits per heavy atom. The lowest BCUT2D eigenvalue weighted by molar-refractivity contribution is 0.0669. The number of hydrogen-bond acceptors (Lipinski definition) is 8. The van der Waals surface area contributed by atoms with Gasteiger partial charge in [-0.05, 0) is 69.6 Å². The first-order valence-corrected chi connectivity index (χ1v) is 12.7. The van der Waals surface area contributed by atoms with Crippen LogP contribution >= 0.6 is 0 Å². The molecule has 1 aromatic rings. The Morgan fingerprint density at radius 1 is 1.25 bits per heavy atom. The zero-order valence-electron chi connectivity index (χ0n) is 21.4. The number of nitrogens with zero attached hydrogens (tertiary/aromatic N) is 1. The van der Waals surface area contributed by atoms with Crippen molar-refractivity contribution in [1.29, 1.82) is 5.41 Å². The fraction of sp³-hybridized carbons (Fsp3) is 0.519. The molecule has 9 nitrogen and oxygen atoms in total. The van der Waals surface area contributed by atoms with E-state index < -0.39 is 5.60 Å². The smallest absolute Gasteiger partial charge is 0.251 e. The van der Waals surface area contributed by atoms with E-state index in [1.165, 1.54) is 6.21 Å². The summed E-state index contributed by atoms with van der Waals surface area (Å²) in [5.41, 5.74) is 1.99. The van der Waals surface area contributed by atoms with Crippen molar-refractivity contribution in [2.75, 3.05) is 26.3 Å². The molecule has 0 radical (unpaired) electrons. The minimum absolute atomic E-state index is 0.0555. The van der Waals surface area contributed by atoms with Crippen molar-refractivity contribution in [2.24, 2.45) is 10.9 Å². The summed E-state index contributed by atoms with van der Waals surface area (Å²) in [5, 5.41) is 31.4. The van der Waals surface area contributed by atoms with Gasteiger partial charge in [-0.25, -0.2) is 4.99 Å². The fourth-order valence-corrected chi connectivity index (χ4v) is 4.17. The van der Waals surface area contributed by atoms with Gasteiger partial charge in [0, 0.05) is 55.8 Å². The number of carbonyl (C=O) groups is 1. The molecule has 2 fully saturated rings. The third kappa shape index (κ3) is 7.18. The molecule has 6 N–H and O–H groups in total. The van der Waals surface area contributed by atoms with E-state index in [4.69, 9.17) is 15.1 Å². The van der Waals surface area contributed by atoms with Gasteiger partial charge in [0.2, 0.25) is 0 Å². The summed E-state index contributed by atoms with van der Waals surface area (Å²) in [6, 6.07) is 5.89. The highest BCUT2D eigenvalue weighted by molar-refractivity contribution is 6.11. The van der Waals surface area contributed by atoms with E-state index >= 15 is 0 Å². The van der Waals surface area contributed by atoms with Crippen molar-refractivity contribution in [3.05, 3.63) is 52.6 Å². The molecule has 0 spiro atoms.